The molecule has 0 aromatic carbocycles. The van der Waals surface area contributed by atoms with E-state index in [0.717, 1.165) is 6.07 Å². The highest BCUT2D eigenvalue weighted by molar-refractivity contribution is 5.67. The van der Waals surface area contributed by atoms with Crippen molar-refractivity contribution in [2.24, 2.45) is 0 Å². The van der Waals surface area contributed by atoms with E-state index in [0.29, 0.717) is 6.54 Å². The number of hydrogen-bond acceptors (Lipinski definition) is 8. The fourth-order valence-corrected chi connectivity index (χ4v) is 1.82. The lowest BCUT2D eigenvalue weighted by molar-refractivity contribution is -0.141. The van der Waals surface area contributed by atoms with Gasteiger partial charge in [-0.1, -0.05) is 0 Å². The van der Waals surface area contributed by atoms with Crippen LogP contribution in [0.5, 0.6) is 5.88 Å². The molecule has 0 atom stereocenters. The van der Waals surface area contributed by atoms with Crippen LogP contribution in [-0.2, 0) is 20.4 Å². The van der Waals surface area contributed by atoms with Crippen molar-refractivity contribution in [3.8, 4) is 5.88 Å². The number of carbonyl (C=O) groups excluding carboxylic acids is 1. The predicted octanol–water partition coefficient (Wildman–Crippen LogP) is 2.47. The van der Waals surface area contributed by atoms with Crippen molar-refractivity contribution in [1.29, 1.82) is 0 Å². The van der Waals surface area contributed by atoms with E-state index in [9.17, 15) is 18.0 Å². The lowest BCUT2D eigenvalue weighted by Gasteiger charge is -2.19. The van der Waals surface area contributed by atoms with Gasteiger partial charge in [-0.15, -0.1) is 0 Å². The van der Waals surface area contributed by atoms with Gasteiger partial charge in [0, 0.05) is 19.7 Å². The molecular weight excluding hydrogens is 397 g/mol. The fraction of sp³-hybridized carbons (Fsp3) is 0.706. The molecule has 0 saturated heterocycles. The molecule has 1 amide bonds. The van der Waals surface area contributed by atoms with E-state index in [1.807, 2.05) is 0 Å². The highest BCUT2D eigenvalue weighted by Crippen LogP contribution is 2.30. The zero-order chi connectivity index (χ0) is 21.9. The van der Waals surface area contributed by atoms with Crippen LogP contribution in [0, 0.1) is 0 Å². The summed E-state index contributed by atoms with van der Waals surface area (Å²) in [5.74, 6) is -0.395. The van der Waals surface area contributed by atoms with Gasteiger partial charge in [-0.25, -0.2) is 9.78 Å². The highest BCUT2D eigenvalue weighted by atomic mass is 19.4. The molecule has 1 aromatic rings. The van der Waals surface area contributed by atoms with Crippen LogP contribution in [0.15, 0.2) is 6.07 Å². The molecule has 1 heterocycles. The van der Waals surface area contributed by atoms with Crippen LogP contribution in [0.2, 0.25) is 0 Å². The summed E-state index contributed by atoms with van der Waals surface area (Å²) in [6.45, 7) is 6.57. The first kappa shape index (κ1) is 24.7. The maximum Gasteiger partial charge on any atom is 0.433 e. The van der Waals surface area contributed by atoms with E-state index >= 15 is 0 Å². The molecule has 0 saturated carbocycles. The standard InChI is InChI=1S/C17H27F3N4O5/c1-16(2,3)29-15(25)22-5-6-26-7-8-27-9-10-28-13-11-12(17(18,19)20)23-14(21-4)24-13/h11H,5-10H2,1-4H3,(H,22,25)(H,21,23,24). The third-order valence-electron chi connectivity index (χ3n) is 2.98. The van der Waals surface area contributed by atoms with E-state index in [2.05, 4.69) is 20.6 Å². The first-order valence-electron chi connectivity index (χ1n) is 8.90. The van der Waals surface area contributed by atoms with Crippen molar-refractivity contribution in [3.05, 3.63) is 11.8 Å². The lowest BCUT2D eigenvalue weighted by Crippen LogP contribution is -2.34. The van der Waals surface area contributed by atoms with Crippen molar-refractivity contribution < 1.29 is 36.9 Å². The zero-order valence-electron chi connectivity index (χ0n) is 16.9. The maximum atomic E-state index is 12.8. The van der Waals surface area contributed by atoms with Crippen molar-refractivity contribution in [3.63, 3.8) is 0 Å². The molecule has 0 bridgehead atoms. The number of amides is 1. The molecule has 0 radical (unpaired) electrons. The minimum atomic E-state index is -4.60. The summed E-state index contributed by atoms with van der Waals surface area (Å²) in [6.07, 6.45) is -5.12. The summed E-state index contributed by atoms with van der Waals surface area (Å²) >= 11 is 0. The summed E-state index contributed by atoms with van der Waals surface area (Å²) in [6, 6.07) is 0.724. The Bertz CT molecular complexity index is 638. The normalized spacial score (nSPS) is 11.8. The quantitative estimate of drug-likeness (QED) is 0.522. The van der Waals surface area contributed by atoms with Crippen molar-refractivity contribution in [2.75, 3.05) is 51.9 Å². The Morgan fingerprint density at radius 1 is 1.03 bits per heavy atom. The summed E-state index contributed by atoms with van der Waals surface area (Å²) in [5, 5.41) is 5.00. The molecule has 1 rings (SSSR count). The molecule has 0 unspecified atom stereocenters. The molecule has 9 nitrogen and oxygen atoms in total. The van der Waals surface area contributed by atoms with Gasteiger partial charge in [-0.2, -0.15) is 18.2 Å². The van der Waals surface area contributed by atoms with Gasteiger partial charge in [0.25, 0.3) is 0 Å². The van der Waals surface area contributed by atoms with Crippen LogP contribution in [0.1, 0.15) is 26.5 Å². The number of aromatic nitrogens is 2. The Morgan fingerprint density at radius 3 is 2.24 bits per heavy atom. The van der Waals surface area contributed by atoms with E-state index < -0.39 is 23.6 Å². The SMILES string of the molecule is CNc1nc(OCCOCCOCCNC(=O)OC(C)(C)C)cc(C(F)(F)F)n1. The van der Waals surface area contributed by atoms with Crippen LogP contribution in [0.3, 0.4) is 0 Å². The van der Waals surface area contributed by atoms with E-state index in [1.165, 1.54) is 7.05 Å². The number of anilines is 1. The summed E-state index contributed by atoms with van der Waals surface area (Å²) in [7, 11) is 1.41. The van der Waals surface area contributed by atoms with E-state index in [4.69, 9.17) is 18.9 Å². The number of halogens is 3. The number of hydrogen-bond donors (Lipinski definition) is 2. The van der Waals surface area contributed by atoms with Gasteiger partial charge >= 0.3 is 12.3 Å². The molecule has 1 aromatic heterocycles. The smallest absolute Gasteiger partial charge is 0.433 e. The molecule has 0 aliphatic carbocycles. The number of nitrogens with zero attached hydrogens (tertiary/aromatic N) is 2. The van der Waals surface area contributed by atoms with Gasteiger partial charge in [-0.05, 0) is 20.8 Å². The lowest BCUT2D eigenvalue weighted by atomic mass is 10.2. The molecule has 0 fully saturated rings. The summed E-state index contributed by atoms with van der Waals surface area (Å²) < 4.78 is 59.1. The van der Waals surface area contributed by atoms with Crippen molar-refractivity contribution >= 4 is 12.0 Å². The highest BCUT2D eigenvalue weighted by Gasteiger charge is 2.34. The van der Waals surface area contributed by atoms with Crippen LogP contribution in [0.25, 0.3) is 0 Å². The summed E-state index contributed by atoms with van der Waals surface area (Å²) in [5.41, 5.74) is -1.66. The number of rotatable bonds is 11. The predicted molar refractivity (Wildman–Crippen MR) is 98.0 cm³/mol. The topological polar surface area (TPSA) is 104 Å². The van der Waals surface area contributed by atoms with Gasteiger partial charge in [0.2, 0.25) is 11.8 Å². The Morgan fingerprint density at radius 2 is 1.66 bits per heavy atom. The first-order chi connectivity index (χ1) is 13.5. The molecule has 0 spiro atoms. The monoisotopic (exact) mass is 424 g/mol. The Kier molecular flexibility index (Phi) is 9.89. The molecule has 166 valence electrons. The minimum Gasteiger partial charge on any atom is -0.475 e. The van der Waals surface area contributed by atoms with Crippen molar-refractivity contribution in [2.45, 2.75) is 32.5 Å². The number of ether oxygens (including phenoxy) is 4. The number of carbonyl (C=O) groups is 1. The second kappa shape index (κ2) is 11.6. The van der Waals surface area contributed by atoms with Crippen LogP contribution < -0.4 is 15.4 Å². The number of alkyl halides is 3. The number of nitrogens with one attached hydrogen (secondary N) is 2. The third kappa shape index (κ3) is 11.3. The first-order valence-corrected chi connectivity index (χ1v) is 8.90. The molecule has 29 heavy (non-hydrogen) atoms. The molecule has 12 heteroatoms. The third-order valence-corrected chi connectivity index (χ3v) is 2.98. The molecule has 2 N–H and O–H groups in total. The fourth-order valence-electron chi connectivity index (χ4n) is 1.82. The Hall–Kier alpha value is -2.34. The van der Waals surface area contributed by atoms with Gasteiger partial charge in [-0.3, -0.25) is 0 Å². The van der Waals surface area contributed by atoms with Gasteiger partial charge < -0.3 is 29.6 Å². The number of alkyl carbamates (subject to hydrolysis) is 1. The second-order valence-corrected chi connectivity index (χ2v) is 6.66. The molecule has 0 aliphatic rings. The van der Waals surface area contributed by atoms with Crippen LogP contribution >= 0.6 is 0 Å². The molecular formula is C17H27F3N4O5. The largest absolute Gasteiger partial charge is 0.475 e. The van der Waals surface area contributed by atoms with Gasteiger partial charge in [0.05, 0.1) is 26.4 Å². The Balaban J connectivity index is 2.14. The average molecular weight is 424 g/mol. The molecule has 0 aliphatic heterocycles. The Labute approximate surface area is 167 Å². The second-order valence-electron chi connectivity index (χ2n) is 6.66. The van der Waals surface area contributed by atoms with E-state index in [-0.39, 0.29) is 44.9 Å². The van der Waals surface area contributed by atoms with Crippen molar-refractivity contribution in [1.82, 2.24) is 15.3 Å². The van der Waals surface area contributed by atoms with Gasteiger partial charge in [0.15, 0.2) is 5.69 Å². The maximum absolute atomic E-state index is 12.8. The van der Waals surface area contributed by atoms with Crippen LogP contribution in [-0.4, -0.2) is 68.3 Å². The average Bonchev–Trinajstić information content (AvgIpc) is 2.60. The zero-order valence-corrected chi connectivity index (χ0v) is 16.9. The van der Waals surface area contributed by atoms with E-state index in [1.54, 1.807) is 20.8 Å². The van der Waals surface area contributed by atoms with Gasteiger partial charge in [0.1, 0.15) is 12.2 Å². The summed E-state index contributed by atoms with van der Waals surface area (Å²) in [4.78, 5) is 18.5. The van der Waals surface area contributed by atoms with Crippen LogP contribution in [0.4, 0.5) is 23.9 Å². The minimum absolute atomic E-state index is 0.0116.